The normalized spacial score (nSPS) is 11.5. The van der Waals surface area contributed by atoms with Crippen LogP contribution in [0.15, 0.2) is 24.3 Å². The predicted molar refractivity (Wildman–Crippen MR) is 87.5 cm³/mol. The van der Waals surface area contributed by atoms with E-state index in [1.807, 2.05) is 0 Å². The molecule has 1 heterocycles. The number of carbonyl (C=O) groups excluding carboxylic acids is 3. The van der Waals surface area contributed by atoms with Gasteiger partial charge in [-0.25, -0.2) is 9.36 Å². The van der Waals surface area contributed by atoms with Gasteiger partial charge in [0, 0.05) is 5.39 Å². The van der Waals surface area contributed by atoms with Crippen molar-refractivity contribution in [3.63, 3.8) is 0 Å². The molecule has 1 aromatic heterocycles. The van der Waals surface area contributed by atoms with Gasteiger partial charge in [-0.2, -0.15) is 0 Å². The van der Waals surface area contributed by atoms with Crippen LogP contribution in [0.2, 0.25) is 5.15 Å². The highest BCUT2D eigenvalue weighted by Gasteiger charge is 2.29. The zero-order valence-electron chi connectivity index (χ0n) is 11.2. The number of Topliss-reactive ketones (excluding diaryl/α,β-unsaturated/α-hetero) is 1. The molecule has 2 N–H and O–H groups in total. The average molecular weight is 398 g/mol. The molecule has 2 aromatic rings. The first kappa shape index (κ1) is 17.9. The number of nitrogens with two attached hydrogens (primary N) is 1. The van der Waals surface area contributed by atoms with Crippen LogP contribution in [0.1, 0.15) is 10.4 Å². The monoisotopic (exact) mass is 396 g/mol. The molecule has 0 aliphatic heterocycles. The summed E-state index contributed by atoms with van der Waals surface area (Å²) in [5.74, 6) is -2.23. The van der Waals surface area contributed by atoms with E-state index in [4.69, 9.17) is 56.9 Å². The maximum absolute atomic E-state index is 12.2. The molecule has 0 aliphatic carbocycles. The third-order valence-corrected chi connectivity index (χ3v) is 3.49. The summed E-state index contributed by atoms with van der Waals surface area (Å²) in [6.45, 7) is -0.529. The lowest BCUT2D eigenvalue weighted by atomic mass is 10.1. The fraction of sp³-hybridized carbons (Fsp3) is 0.154. The summed E-state index contributed by atoms with van der Waals surface area (Å²) in [6.07, 6.45) is -0.971. The number of fused-ring (bicyclic) bond motifs is 1. The number of primary amides is 1. The van der Waals surface area contributed by atoms with Gasteiger partial charge in [0.1, 0.15) is 11.8 Å². The number of alkyl halides is 3. The van der Waals surface area contributed by atoms with Crippen molar-refractivity contribution in [1.29, 1.82) is 0 Å². The van der Waals surface area contributed by atoms with E-state index in [1.54, 1.807) is 12.1 Å². The highest BCUT2D eigenvalue weighted by molar-refractivity contribution is 6.67. The van der Waals surface area contributed by atoms with Gasteiger partial charge in [0.25, 0.3) is 11.7 Å². The van der Waals surface area contributed by atoms with Crippen LogP contribution in [-0.4, -0.2) is 32.8 Å². The number of para-hydroxylation sites is 1. The molecule has 23 heavy (non-hydrogen) atoms. The molecule has 1 amide bonds. The summed E-state index contributed by atoms with van der Waals surface area (Å²) in [5.41, 5.74) is 5.06. The zero-order valence-corrected chi connectivity index (χ0v) is 14.2. The third-order valence-electron chi connectivity index (χ3n) is 2.81. The fourth-order valence-electron chi connectivity index (χ4n) is 1.93. The van der Waals surface area contributed by atoms with E-state index in [0.29, 0.717) is 0 Å². The molecule has 0 saturated carbocycles. The predicted octanol–water partition coefficient (Wildman–Crippen LogP) is 3.32. The highest BCUT2D eigenvalue weighted by Crippen LogP contribution is 2.31. The fourth-order valence-corrected chi connectivity index (χ4v) is 2.45. The molecule has 0 spiro atoms. The summed E-state index contributed by atoms with van der Waals surface area (Å²) < 4.78 is 3.94. The molecule has 0 fully saturated rings. The number of carbonyl (C=O) groups is 3. The molecule has 1 aromatic carbocycles. The molecular formula is C13H8Cl4N2O4. The van der Waals surface area contributed by atoms with Gasteiger partial charge in [-0.1, -0.05) is 64.6 Å². The SMILES string of the molecule is NC(=O)C(=O)c1c(Cl)n(C(=O)OCC(Cl)(Cl)Cl)c2ccccc12. The lowest BCUT2D eigenvalue weighted by Crippen LogP contribution is -2.24. The molecule has 0 atom stereocenters. The van der Waals surface area contributed by atoms with Gasteiger partial charge in [0.05, 0.1) is 11.1 Å². The van der Waals surface area contributed by atoms with E-state index in [-0.39, 0.29) is 21.6 Å². The van der Waals surface area contributed by atoms with Crippen molar-refractivity contribution in [2.24, 2.45) is 5.73 Å². The molecular weight excluding hydrogens is 390 g/mol. The Bertz CT molecular complexity index is 810. The number of benzene rings is 1. The van der Waals surface area contributed by atoms with Gasteiger partial charge < -0.3 is 10.5 Å². The first-order valence-corrected chi connectivity index (χ1v) is 7.51. The Morgan fingerprint density at radius 3 is 2.35 bits per heavy atom. The number of amides is 1. The second kappa shape index (κ2) is 6.57. The van der Waals surface area contributed by atoms with Crippen molar-refractivity contribution in [1.82, 2.24) is 4.57 Å². The molecule has 0 radical (unpaired) electrons. The first-order valence-electron chi connectivity index (χ1n) is 6.00. The summed E-state index contributed by atoms with van der Waals surface area (Å²) in [6, 6.07) is 6.23. The van der Waals surface area contributed by atoms with Crippen LogP contribution in [0.4, 0.5) is 4.79 Å². The van der Waals surface area contributed by atoms with Gasteiger partial charge in [-0.15, -0.1) is 0 Å². The van der Waals surface area contributed by atoms with Crippen molar-refractivity contribution >= 4 is 75.1 Å². The van der Waals surface area contributed by atoms with E-state index in [9.17, 15) is 14.4 Å². The van der Waals surface area contributed by atoms with E-state index < -0.39 is 28.2 Å². The number of hydrogen-bond acceptors (Lipinski definition) is 4. The Morgan fingerprint density at radius 2 is 1.78 bits per heavy atom. The summed E-state index contributed by atoms with van der Waals surface area (Å²) in [5, 5.41) is -0.0450. The van der Waals surface area contributed by atoms with Gasteiger partial charge in [-0.3, -0.25) is 9.59 Å². The molecule has 0 saturated heterocycles. The number of ketones is 1. The van der Waals surface area contributed by atoms with Crippen molar-refractivity contribution in [3.05, 3.63) is 35.0 Å². The molecule has 0 bridgehead atoms. The van der Waals surface area contributed by atoms with E-state index in [2.05, 4.69) is 0 Å². The second-order valence-electron chi connectivity index (χ2n) is 4.38. The maximum atomic E-state index is 12.2. The molecule has 0 unspecified atom stereocenters. The van der Waals surface area contributed by atoms with Crippen molar-refractivity contribution in [3.8, 4) is 0 Å². The van der Waals surface area contributed by atoms with E-state index in [1.165, 1.54) is 12.1 Å². The smallest absolute Gasteiger partial charge is 0.419 e. The van der Waals surface area contributed by atoms with Gasteiger partial charge in [0.2, 0.25) is 3.79 Å². The van der Waals surface area contributed by atoms with Crippen LogP contribution in [0.5, 0.6) is 0 Å². The highest BCUT2D eigenvalue weighted by atomic mass is 35.6. The molecule has 10 heteroatoms. The number of ether oxygens (including phenoxy) is 1. The molecule has 122 valence electrons. The Labute approximate surface area is 150 Å². The first-order chi connectivity index (χ1) is 10.6. The summed E-state index contributed by atoms with van der Waals surface area (Å²) >= 11 is 22.6. The summed E-state index contributed by atoms with van der Waals surface area (Å²) in [4.78, 5) is 35.3. The van der Waals surface area contributed by atoms with Crippen LogP contribution >= 0.6 is 46.4 Å². The Balaban J connectivity index is 2.57. The second-order valence-corrected chi connectivity index (χ2v) is 7.26. The number of hydrogen-bond donors (Lipinski definition) is 1. The maximum Gasteiger partial charge on any atom is 0.419 e. The average Bonchev–Trinajstić information content (AvgIpc) is 2.75. The zero-order chi connectivity index (χ0) is 17.4. The van der Waals surface area contributed by atoms with E-state index in [0.717, 1.165) is 4.57 Å². The van der Waals surface area contributed by atoms with Crippen molar-refractivity contribution in [2.45, 2.75) is 3.79 Å². The van der Waals surface area contributed by atoms with Gasteiger partial charge in [-0.05, 0) is 6.07 Å². The minimum absolute atomic E-state index is 0.194. The van der Waals surface area contributed by atoms with Crippen LogP contribution < -0.4 is 5.73 Å². The van der Waals surface area contributed by atoms with E-state index >= 15 is 0 Å². The summed E-state index contributed by atoms with van der Waals surface area (Å²) in [7, 11) is 0. The lowest BCUT2D eigenvalue weighted by molar-refractivity contribution is -0.114. The Hall–Kier alpha value is -1.47. The minimum atomic E-state index is -1.81. The largest absolute Gasteiger partial charge is 0.444 e. The van der Waals surface area contributed by atoms with Gasteiger partial charge in [0.15, 0.2) is 0 Å². The molecule has 6 nitrogen and oxygen atoms in total. The molecule has 0 aliphatic rings. The number of halogens is 4. The van der Waals surface area contributed by atoms with Gasteiger partial charge >= 0.3 is 6.09 Å². The standard InChI is InChI=1S/C13H8Cl4N2O4/c14-10-8(9(20)11(18)21)6-3-1-2-4-7(6)19(10)12(22)23-5-13(15,16)17/h1-4H,5H2,(H2,18,21). The van der Waals surface area contributed by atoms with Crippen LogP contribution in [0.25, 0.3) is 10.9 Å². The van der Waals surface area contributed by atoms with Crippen LogP contribution in [-0.2, 0) is 9.53 Å². The van der Waals surface area contributed by atoms with Crippen LogP contribution in [0.3, 0.4) is 0 Å². The third kappa shape index (κ3) is 3.72. The van der Waals surface area contributed by atoms with Crippen molar-refractivity contribution in [2.75, 3.05) is 6.61 Å². The number of nitrogens with zero attached hydrogens (tertiary/aromatic N) is 1. The number of aromatic nitrogens is 1. The van der Waals surface area contributed by atoms with Crippen molar-refractivity contribution < 1.29 is 19.1 Å². The number of rotatable bonds is 3. The lowest BCUT2D eigenvalue weighted by Gasteiger charge is -2.12. The minimum Gasteiger partial charge on any atom is -0.444 e. The Morgan fingerprint density at radius 1 is 1.17 bits per heavy atom. The van der Waals surface area contributed by atoms with Crippen LogP contribution in [0, 0.1) is 0 Å². The Kier molecular flexibility index (Phi) is 5.10. The topological polar surface area (TPSA) is 91.4 Å². The molecule has 2 rings (SSSR count). The quantitative estimate of drug-likeness (QED) is 0.488.